The molecule has 0 unspecified atom stereocenters. The Morgan fingerprint density at radius 3 is 2.65 bits per heavy atom. The number of nitrogens with zero attached hydrogens (tertiary/aromatic N) is 3. The molecule has 0 aliphatic carbocycles. The summed E-state index contributed by atoms with van der Waals surface area (Å²) in [5.74, 6) is -1.32. The molecule has 0 radical (unpaired) electrons. The number of imidazole rings is 1. The predicted molar refractivity (Wildman–Crippen MR) is 57.0 cm³/mol. The molecule has 84 valence electrons. The fourth-order valence-electron chi connectivity index (χ4n) is 1.57. The van der Waals surface area contributed by atoms with E-state index in [-0.39, 0.29) is 0 Å². The summed E-state index contributed by atoms with van der Waals surface area (Å²) in [4.78, 5) is 7.05. The summed E-state index contributed by atoms with van der Waals surface area (Å²) in [6.45, 7) is 0. The van der Waals surface area contributed by atoms with Crippen molar-refractivity contribution in [1.29, 1.82) is 0 Å². The number of hydrogen-bond acceptors (Lipinski definition) is 3. The molecule has 0 saturated carbocycles. The molecule has 0 bridgehead atoms. The van der Waals surface area contributed by atoms with Gasteiger partial charge in [-0.15, -0.1) is 0 Å². The van der Waals surface area contributed by atoms with Crippen LogP contribution in [0.3, 0.4) is 0 Å². The van der Waals surface area contributed by atoms with Crippen molar-refractivity contribution in [1.82, 2.24) is 20.2 Å². The first kappa shape index (κ1) is 9.83. The summed E-state index contributed by atoms with van der Waals surface area (Å²) >= 11 is 0. The lowest BCUT2D eigenvalue weighted by Gasteiger charge is -1.91. The van der Waals surface area contributed by atoms with Crippen LogP contribution in [0.4, 0.5) is 8.78 Å². The van der Waals surface area contributed by atoms with Gasteiger partial charge in [-0.05, 0) is 6.07 Å². The lowest BCUT2D eigenvalue weighted by atomic mass is 10.3. The van der Waals surface area contributed by atoms with Crippen LogP contribution in [-0.4, -0.2) is 20.2 Å². The van der Waals surface area contributed by atoms with Gasteiger partial charge in [0.1, 0.15) is 5.82 Å². The van der Waals surface area contributed by atoms with Crippen LogP contribution in [0.5, 0.6) is 0 Å². The Hall–Kier alpha value is -2.37. The Balaban J connectivity index is 2.21. The average Bonchev–Trinajstić information content (AvgIpc) is 2.74. The smallest absolute Gasteiger partial charge is 0.161 e. The van der Waals surface area contributed by atoms with Crippen molar-refractivity contribution in [3.63, 3.8) is 0 Å². The van der Waals surface area contributed by atoms with Crippen LogP contribution < -0.4 is 0 Å². The first-order valence-corrected chi connectivity index (χ1v) is 4.86. The Morgan fingerprint density at radius 2 is 1.88 bits per heavy atom. The van der Waals surface area contributed by atoms with Crippen LogP contribution in [0.1, 0.15) is 0 Å². The number of fused-ring (bicyclic) bond motifs is 1. The molecule has 1 aromatic carbocycles. The van der Waals surface area contributed by atoms with Gasteiger partial charge >= 0.3 is 0 Å². The van der Waals surface area contributed by atoms with Crippen LogP contribution in [0.25, 0.3) is 22.4 Å². The zero-order chi connectivity index (χ0) is 11.8. The molecule has 3 rings (SSSR count). The molecule has 0 fully saturated rings. The minimum atomic E-state index is -0.914. The maximum Gasteiger partial charge on any atom is 0.161 e. The zero-order valence-electron chi connectivity index (χ0n) is 8.48. The fraction of sp³-hybridized carbons (Fsp3) is 0. The average molecular weight is 232 g/mol. The normalized spacial score (nSPS) is 10.9. The highest BCUT2D eigenvalue weighted by molar-refractivity contribution is 5.79. The number of nitrogens with one attached hydrogen (secondary N) is 1. The molecule has 0 atom stereocenters. The number of benzene rings is 1. The zero-order valence-corrected chi connectivity index (χ0v) is 8.48. The van der Waals surface area contributed by atoms with E-state index >= 15 is 0 Å². The molecule has 6 heteroatoms. The van der Waals surface area contributed by atoms with Gasteiger partial charge in [0.05, 0.1) is 23.4 Å². The Kier molecular flexibility index (Phi) is 2.07. The van der Waals surface area contributed by atoms with Crippen molar-refractivity contribution >= 4 is 11.0 Å². The standard InChI is InChI=1S/C11H6F2N4/c12-7-3-9-10(4-8(7)13)17-11(16-9)6-1-2-14-15-5-6/h1-5H,(H,16,17). The van der Waals surface area contributed by atoms with Gasteiger partial charge in [0.15, 0.2) is 11.6 Å². The summed E-state index contributed by atoms with van der Waals surface area (Å²) in [7, 11) is 0. The minimum absolute atomic E-state index is 0.371. The molecular weight excluding hydrogens is 226 g/mol. The van der Waals surface area contributed by atoms with Gasteiger partial charge in [-0.25, -0.2) is 13.8 Å². The first-order valence-electron chi connectivity index (χ1n) is 4.86. The van der Waals surface area contributed by atoms with Crippen molar-refractivity contribution in [2.45, 2.75) is 0 Å². The summed E-state index contributed by atoms with van der Waals surface area (Å²) < 4.78 is 26.0. The van der Waals surface area contributed by atoms with Crippen molar-refractivity contribution in [3.05, 3.63) is 42.2 Å². The van der Waals surface area contributed by atoms with Crippen LogP contribution >= 0.6 is 0 Å². The highest BCUT2D eigenvalue weighted by atomic mass is 19.2. The van der Waals surface area contributed by atoms with Gasteiger partial charge < -0.3 is 4.98 Å². The second-order valence-corrected chi connectivity index (χ2v) is 3.50. The van der Waals surface area contributed by atoms with Gasteiger partial charge in [-0.3, -0.25) is 0 Å². The van der Waals surface area contributed by atoms with Crippen LogP contribution in [0.2, 0.25) is 0 Å². The summed E-state index contributed by atoms with van der Waals surface area (Å²) in [6, 6.07) is 3.84. The fourth-order valence-corrected chi connectivity index (χ4v) is 1.57. The Morgan fingerprint density at radius 1 is 1.06 bits per heavy atom. The van der Waals surface area contributed by atoms with E-state index in [9.17, 15) is 8.78 Å². The molecule has 1 N–H and O–H groups in total. The van der Waals surface area contributed by atoms with E-state index in [1.54, 1.807) is 6.07 Å². The van der Waals surface area contributed by atoms with Gasteiger partial charge in [-0.2, -0.15) is 10.2 Å². The summed E-state index contributed by atoms with van der Waals surface area (Å²) in [5, 5.41) is 7.35. The lowest BCUT2D eigenvalue weighted by molar-refractivity contribution is 0.510. The van der Waals surface area contributed by atoms with Gasteiger partial charge in [0.2, 0.25) is 0 Å². The third-order valence-corrected chi connectivity index (χ3v) is 2.38. The molecule has 0 saturated heterocycles. The number of H-pyrrole nitrogens is 1. The van der Waals surface area contributed by atoms with E-state index in [1.165, 1.54) is 12.4 Å². The van der Waals surface area contributed by atoms with E-state index in [0.29, 0.717) is 22.4 Å². The maximum absolute atomic E-state index is 13.0. The second-order valence-electron chi connectivity index (χ2n) is 3.50. The summed E-state index contributed by atoms with van der Waals surface area (Å²) in [6.07, 6.45) is 3.04. The van der Waals surface area contributed by atoms with E-state index < -0.39 is 11.6 Å². The maximum atomic E-state index is 13.0. The number of aromatic amines is 1. The van der Waals surface area contributed by atoms with Crippen LogP contribution in [0, 0.1) is 11.6 Å². The molecule has 17 heavy (non-hydrogen) atoms. The highest BCUT2D eigenvalue weighted by Crippen LogP contribution is 2.21. The SMILES string of the molecule is Fc1cc2nc(-c3ccnnc3)[nH]c2cc1F. The molecule has 2 aromatic heterocycles. The van der Waals surface area contributed by atoms with Gasteiger partial charge in [0, 0.05) is 17.7 Å². The number of hydrogen-bond donors (Lipinski definition) is 1. The van der Waals surface area contributed by atoms with Crippen LogP contribution in [-0.2, 0) is 0 Å². The highest BCUT2D eigenvalue weighted by Gasteiger charge is 2.09. The molecule has 0 amide bonds. The van der Waals surface area contributed by atoms with E-state index in [2.05, 4.69) is 20.2 Å². The van der Waals surface area contributed by atoms with E-state index in [0.717, 1.165) is 12.1 Å². The third-order valence-electron chi connectivity index (χ3n) is 2.38. The van der Waals surface area contributed by atoms with Crippen molar-refractivity contribution < 1.29 is 8.78 Å². The van der Waals surface area contributed by atoms with Gasteiger partial charge in [0.25, 0.3) is 0 Å². The second kappa shape index (κ2) is 3.58. The van der Waals surface area contributed by atoms with Gasteiger partial charge in [-0.1, -0.05) is 0 Å². The molecule has 0 aliphatic rings. The summed E-state index contributed by atoms with van der Waals surface area (Å²) in [5.41, 5.74) is 1.52. The van der Waals surface area contributed by atoms with Crippen molar-refractivity contribution in [3.8, 4) is 11.4 Å². The Bertz CT molecular complexity index is 640. The lowest BCUT2D eigenvalue weighted by Crippen LogP contribution is -1.83. The van der Waals surface area contributed by atoms with E-state index in [4.69, 9.17) is 0 Å². The first-order chi connectivity index (χ1) is 8.24. The number of halogens is 2. The number of aromatic nitrogens is 4. The molecule has 2 heterocycles. The third kappa shape index (κ3) is 1.63. The largest absolute Gasteiger partial charge is 0.338 e. The molecule has 0 spiro atoms. The molecule has 4 nitrogen and oxygen atoms in total. The van der Waals surface area contributed by atoms with Crippen LogP contribution in [0.15, 0.2) is 30.6 Å². The van der Waals surface area contributed by atoms with Crippen molar-refractivity contribution in [2.24, 2.45) is 0 Å². The van der Waals surface area contributed by atoms with E-state index in [1.807, 2.05) is 0 Å². The Labute approximate surface area is 94.3 Å². The number of rotatable bonds is 1. The topological polar surface area (TPSA) is 54.5 Å². The molecule has 0 aliphatic heterocycles. The minimum Gasteiger partial charge on any atom is -0.338 e. The molecular formula is C11H6F2N4. The molecule has 3 aromatic rings. The van der Waals surface area contributed by atoms with Crippen molar-refractivity contribution in [2.75, 3.05) is 0 Å². The predicted octanol–water partition coefficient (Wildman–Crippen LogP) is 2.30. The monoisotopic (exact) mass is 232 g/mol. The quantitative estimate of drug-likeness (QED) is 0.700.